The Hall–Kier alpha value is -1.03. The lowest BCUT2D eigenvalue weighted by molar-refractivity contribution is 0.0476. The van der Waals surface area contributed by atoms with Crippen LogP contribution in [0.1, 0.15) is 24.3 Å². The Balaban J connectivity index is 1.73. The first-order chi connectivity index (χ1) is 7.74. The van der Waals surface area contributed by atoms with Gasteiger partial charge in [-0.15, -0.1) is 0 Å². The van der Waals surface area contributed by atoms with Crippen LogP contribution in [0.25, 0.3) is 0 Å². The Bertz CT molecular complexity index is 380. The number of hydrogen-bond acceptors (Lipinski definition) is 4. The smallest absolute Gasteiger partial charge is 0.181 e. The highest BCUT2D eigenvalue weighted by atomic mass is 16.5. The molecule has 3 saturated heterocycles. The fourth-order valence-electron chi connectivity index (χ4n) is 3.10. The molecule has 0 radical (unpaired) electrons. The Morgan fingerprint density at radius 2 is 2.19 bits per heavy atom. The molecule has 4 heteroatoms. The van der Waals surface area contributed by atoms with E-state index < -0.39 is 0 Å². The molecular weight excluding hydrogens is 204 g/mol. The van der Waals surface area contributed by atoms with Crippen LogP contribution in [-0.4, -0.2) is 34.8 Å². The Kier molecular flexibility index (Phi) is 2.39. The van der Waals surface area contributed by atoms with Gasteiger partial charge in [0.15, 0.2) is 11.5 Å². The molecule has 3 aliphatic rings. The average Bonchev–Trinajstić information content (AvgIpc) is 2.63. The highest BCUT2D eigenvalue weighted by Crippen LogP contribution is 2.36. The van der Waals surface area contributed by atoms with Crippen LogP contribution in [0.3, 0.4) is 0 Å². The van der Waals surface area contributed by atoms with Crippen molar-refractivity contribution in [2.24, 2.45) is 11.8 Å². The molecule has 1 aromatic heterocycles. The van der Waals surface area contributed by atoms with E-state index in [4.69, 9.17) is 4.52 Å². The quantitative estimate of drug-likeness (QED) is 0.825. The van der Waals surface area contributed by atoms with E-state index >= 15 is 0 Å². The molecule has 4 rings (SSSR count). The van der Waals surface area contributed by atoms with Crippen molar-refractivity contribution in [1.82, 2.24) is 10.1 Å². The SMILES string of the molecule is Cc1noc(CC2CN3CCC2CC3)c1O. The van der Waals surface area contributed by atoms with Crippen molar-refractivity contribution in [3.8, 4) is 5.75 Å². The minimum Gasteiger partial charge on any atom is -0.503 e. The lowest BCUT2D eigenvalue weighted by Crippen LogP contribution is -2.47. The number of nitrogens with zero attached hydrogens (tertiary/aromatic N) is 2. The van der Waals surface area contributed by atoms with E-state index in [-0.39, 0.29) is 5.75 Å². The van der Waals surface area contributed by atoms with Crippen molar-refractivity contribution in [3.63, 3.8) is 0 Å². The van der Waals surface area contributed by atoms with Gasteiger partial charge < -0.3 is 14.5 Å². The summed E-state index contributed by atoms with van der Waals surface area (Å²) in [5.41, 5.74) is 0.608. The van der Waals surface area contributed by atoms with E-state index in [1.807, 2.05) is 0 Å². The molecular formula is C12H18N2O2. The highest BCUT2D eigenvalue weighted by Gasteiger charge is 2.35. The molecule has 0 saturated carbocycles. The van der Waals surface area contributed by atoms with Gasteiger partial charge in [-0.2, -0.15) is 0 Å². The third-order valence-corrected chi connectivity index (χ3v) is 4.14. The normalized spacial score (nSPS) is 33.2. The summed E-state index contributed by atoms with van der Waals surface area (Å²) >= 11 is 0. The van der Waals surface area contributed by atoms with Gasteiger partial charge in [0.1, 0.15) is 5.69 Å². The summed E-state index contributed by atoms with van der Waals surface area (Å²) < 4.78 is 5.19. The molecule has 2 bridgehead atoms. The number of piperidine rings is 3. The third kappa shape index (κ3) is 1.61. The van der Waals surface area contributed by atoms with Gasteiger partial charge in [0.25, 0.3) is 0 Å². The lowest BCUT2D eigenvalue weighted by Gasteiger charge is -2.44. The maximum atomic E-state index is 9.77. The van der Waals surface area contributed by atoms with Crippen LogP contribution in [-0.2, 0) is 6.42 Å². The molecule has 0 aliphatic carbocycles. The van der Waals surface area contributed by atoms with Crippen molar-refractivity contribution >= 4 is 0 Å². The standard InChI is InChI=1S/C12H18N2O2/c1-8-12(15)11(16-13-8)6-10-7-14-4-2-9(10)3-5-14/h9-10,15H,2-7H2,1H3. The molecule has 3 aliphatic heterocycles. The fourth-order valence-corrected chi connectivity index (χ4v) is 3.10. The minimum atomic E-state index is 0.261. The molecule has 88 valence electrons. The number of aryl methyl sites for hydroxylation is 1. The monoisotopic (exact) mass is 222 g/mol. The summed E-state index contributed by atoms with van der Waals surface area (Å²) in [7, 11) is 0. The van der Waals surface area contributed by atoms with E-state index in [0.29, 0.717) is 17.4 Å². The maximum Gasteiger partial charge on any atom is 0.181 e. The Morgan fingerprint density at radius 3 is 2.69 bits per heavy atom. The maximum absolute atomic E-state index is 9.77. The zero-order valence-corrected chi connectivity index (χ0v) is 9.65. The molecule has 0 spiro atoms. The summed E-state index contributed by atoms with van der Waals surface area (Å²) in [5, 5.41) is 13.6. The second kappa shape index (κ2) is 3.77. The van der Waals surface area contributed by atoms with Crippen LogP contribution in [0.5, 0.6) is 5.75 Å². The number of fused-ring (bicyclic) bond motifs is 3. The van der Waals surface area contributed by atoms with Crippen molar-refractivity contribution < 1.29 is 9.63 Å². The topological polar surface area (TPSA) is 49.5 Å². The summed E-state index contributed by atoms with van der Waals surface area (Å²) in [5.74, 6) is 2.39. The fraction of sp³-hybridized carbons (Fsp3) is 0.750. The zero-order chi connectivity index (χ0) is 11.1. The first kappa shape index (κ1) is 10.1. The van der Waals surface area contributed by atoms with E-state index in [0.717, 1.165) is 18.9 Å². The first-order valence-electron chi connectivity index (χ1n) is 6.10. The number of aromatic hydroxyl groups is 1. The van der Waals surface area contributed by atoms with Gasteiger partial charge in [-0.05, 0) is 44.7 Å². The third-order valence-electron chi connectivity index (χ3n) is 4.14. The van der Waals surface area contributed by atoms with Crippen LogP contribution in [0.2, 0.25) is 0 Å². The van der Waals surface area contributed by atoms with Gasteiger partial charge in [-0.25, -0.2) is 0 Å². The van der Waals surface area contributed by atoms with Gasteiger partial charge in [-0.3, -0.25) is 0 Å². The van der Waals surface area contributed by atoms with Crippen molar-refractivity contribution in [2.75, 3.05) is 19.6 Å². The van der Waals surface area contributed by atoms with E-state index in [1.54, 1.807) is 6.92 Å². The van der Waals surface area contributed by atoms with Crippen LogP contribution in [0.15, 0.2) is 4.52 Å². The van der Waals surface area contributed by atoms with E-state index in [2.05, 4.69) is 10.1 Å². The van der Waals surface area contributed by atoms with Crippen molar-refractivity contribution in [3.05, 3.63) is 11.5 Å². The van der Waals surface area contributed by atoms with Crippen LogP contribution >= 0.6 is 0 Å². The molecule has 1 unspecified atom stereocenters. The van der Waals surface area contributed by atoms with E-state index in [9.17, 15) is 5.11 Å². The van der Waals surface area contributed by atoms with Crippen molar-refractivity contribution in [1.29, 1.82) is 0 Å². The summed E-state index contributed by atoms with van der Waals surface area (Å²) in [6.07, 6.45) is 3.45. The van der Waals surface area contributed by atoms with Crippen LogP contribution < -0.4 is 0 Å². The number of hydrogen-bond donors (Lipinski definition) is 1. The van der Waals surface area contributed by atoms with Crippen LogP contribution in [0, 0.1) is 18.8 Å². The summed E-state index contributed by atoms with van der Waals surface area (Å²) in [6.45, 7) is 5.44. The zero-order valence-electron chi connectivity index (χ0n) is 9.65. The molecule has 1 N–H and O–H groups in total. The summed E-state index contributed by atoms with van der Waals surface area (Å²) in [6, 6.07) is 0. The second-order valence-electron chi connectivity index (χ2n) is 5.14. The Labute approximate surface area is 95.2 Å². The van der Waals surface area contributed by atoms with Crippen LogP contribution in [0.4, 0.5) is 0 Å². The number of aromatic nitrogens is 1. The Morgan fingerprint density at radius 1 is 1.44 bits per heavy atom. The van der Waals surface area contributed by atoms with Gasteiger partial charge in [0, 0.05) is 13.0 Å². The molecule has 4 heterocycles. The average molecular weight is 222 g/mol. The van der Waals surface area contributed by atoms with Gasteiger partial charge in [0.05, 0.1) is 0 Å². The predicted molar refractivity (Wildman–Crippen MR) is 59.3 cm³/mol. The van der Waals surface area contributed by atoms with Gasteiger partial charge in [-0.1, -0.05) is 5.16 Å². The largest absolute Gasteiger partial charge is 0.503 e. The second-order valence-corrected chi connectivity index (χ2v) is 5.14. The highest BCUT2D eigenvalue weighted by molar-refractivity contribution is 5.28. The lowest BCUT2D eigenvalue weighted by atomic mass is 9.77. The molecule has 0 aromatic carbocycles. The molecule has 0 amide bonds. The van der Waals surface area contributed by atoms with Gasteiger partial charge in [0.2, 0.25) is 0 Å². The van der Waals surface area contributed by atoms with Gasteiger partial charge >= 0.3 is 0 Å². The molecule has 4 nitrogen and oxygen atoms in total. The number of rotatable bonds is 2. The summed E-state index contributed by atoms with van der Waals surface area (Å²) in [4.78, 5) is 2.52. The molecule has 16 heavy (non-hydrogen) atoms. The van der Waals surface area contributed by atoms with E-state index in [1.165, 1.54) is 25.9 Å². The molecule has 3 fully saturated rings. The molecule has 1 atom stereocenters. The first-order valence-corrected chi connectivity index (χ1v) is 6.10. The predicted octanol–water partition coefficient (Wildman–Crippen LogP) is 1.57. The minimum absolute atomic E-state index is 0.261. The van der Waals surface area contributed by atoms with Crippen molar-refractivity contribution in [2.45, 2.75) is 26.2 Å². The molecule has 1 aromatic rings.